The van der Waals surface area contributed by atoms with Crippen molar-refractivity contribution in [1.82, 2.24) is 10.3 Å². The molecule has 0 saturated carbocycles. The van der Waals surface area contributed by atoms with E-state index in [0.717, 1.165) is 10.7 Å². The lowest BCUT2D eigenvalue weighted by Gasteiger charge is -2.15. The molecule has 3 nitrogen and oxygen atoms in total. The number of hydrogen-bond donors (Lipinski definition) is 1. The monoisotopic (exact) mass is 238 g/mol. The molecule has 2 heterocycles. The first-order valence-electron chi connectivity index (χ1n) is 5.63. The number of amides is 1. The summed E-state index contributed by atoms with van der Waals surface area (Å²) in [5, 5.41) is 6.19. The highest BCUT2D eigenvalue weighted by Gasteiger charge is 2.32. The second-order valence-electron chi connectivity index (χ2n) is 5.49. The van der Waals surface area contributed by atoms with E-state index in [2.05, 4.69) is 36.5 Å². The van der Waals surface area contributed by atoms with Gasteiger partial charge in [0.15, 0.2) is 0 Å². The van der Waals surface area contributed by atoms with Gasteiger partial charge in [0, 0.05) is 29.2 Å². The fourth-order valence-electron chi connectivity index (χ4n) is 1.95. The van der Waals surface area contributed by atoms with Crippen LogP contribution >= 0.6 is 11.3 Å². The van der Waals surface area contributed by atoms with Crippen LogP contribution in [0.2, 0.25) is 0 Å². The molecule has 1 N–H and O–H groups in total. The van der Waals surface area contributed by atoms with E-state index in [0.29, 0.717) is 6.42 Å². The summed E-state index contributed by atoms with van der Waals surface area (Å²) in [5.74, 6) is 0.391. The number of carbonyl (C=O) groups is 1. The molecule has 1 aromatic heterocycles. The van der Waals surface area contributed by atoms with E-state index in [1.54, 1.807) is 11.3 Å². The van der Waals surface area contributed by atoms with Gasteiger partial charge < -0.3 is 5.32 Å². The summed E-state index contributed by atoms with van der Waals surface area (Å²) in [4.78, 5) is 16.0. The average Bonchev–Trinajstić information content (AvgIpc) is 2.70. The highest BCUT2D eigenvalue weighted by Crippen LogP contribution is 2.32. The molecule has 1 amide bonds. The number of rotatable bonds is 1. The third-order valence-corrected chi connectivity index (χ3v) is 4.23. The van der Waals surface area contributed by atoms with Crippen molar-refractivity contribution in [2.75, 3.05) is 0 Å². The Balaban J connectivity index is 2.22. The molecule has 2 unspecified atom stereocenters. The molecular formula is C12H18N2OS. The van der Waals surface area contributed by atoms with Crippen molar-refractivity contribution in [1.29, 1.82) is 0 Å². The predicted octanol–water partition coefficient (Wildman–Crippen LogP) is 2.43. The zero-order valence-corrected chi connectivity index (χ0v) is 11.0. The van der Waals surface area contributed by atoms with Crippen LogP contribution in [0, 0.1) is 0 Å². The Labute approximate surface area is 100 Å². The van der Waals surface area contributed by atoms with Crippen LogP contribution < -0.4 is 5.32 Å². The fraction of sp³-hybridized carbons (Fsp3) is 0.667. The lowest BCUT2D eigenvalue weighted by atomic mass is 9.96. The zero-order chi connectivity index (χ0) is 11.9. The first-order valence-corrected chi connectivity index (χ1v) is 6.51. The van der Waals surface area contributed by atoms with Crippen molar-refractivity contribution in [3.8, 4) is 0 Å². The van der Waals surface area contributed by atoms with Crippen molar-refractivity contribution in [3.63, 3.8) is 0 Å². The Morgan fingerprint density at radius 1 is 1.50 bits per heavy atom. The van der Waals surface area contributed by atoms with E-state index in [-0.39, 0.29) is 23.3 Å². The third-order valence-electron chi connectivity index (χ3n) is 2.94. The maximum absolute atomic E-state index is 11.3. The maximum Gasteiger partial charge on any atom is 0.220 e. The Morgan fingerprint density at radius 2 is 2.19 bits per heavy atom. The smallest absolute Gasteiger partial charge is 0.220 e. The van der Waals surface area contributed by atoms with Crippen molar-refractivity contribution < 1.29 is 4.79 Å². The molecular weight excluding hydrogens is 220 g/mol. The molecule has 1 aromatic rings. The largest absolute Gasteiger partial charge is 0.353 e. The molecule has 2 atom stereocenters. The number of nitrogens with zero attached hydrogens (tertiary/aromatic N) is 1. The number of thiazole rings is 1. The minimum absolute atomic E-state index is 0.0994. The molecule has 0 spiro atoms. The van der Waals surface area contributed by atoms with Gasteiger partial charge in [-0.25, -0.2) is 4.98 Å². The molecule has 0 aliphatic carbocycles. The van der Waals surface area contributed by atoms with Gasteiger partial charge in [-0.15, -0.1) is 11.3 Å². The van der Waals surface area contributed by atoms with E-state index in [9.17, 15) is 4.79 Å². The molecule has 0 radical (unpaired) electrons. The summed E-state index contributed by atoms with van der Waals surface area (Å²) in [6, 6.07) is 0.211. The Bertz CT molecular complexity index is 405. The lowest BCUT2D eigenvalue weighted by Crippen LogP contribution is -2.24. The molecule has 1 aliphatic heterocycles. The quantitative estimate of drug-likeness (QED) is 0.816. The summed E-state index contributed by atoms with van der Waals surface area (Å²) in [7, 11) is 0. The van der Waals surface area contributed by atoms with Crippen LogP contribution in [-0.4, -0.2) is 16.9 Å². The molecule has 88 valence electrons. The standard InChI is InChI=1S/C12H18N2OS/c1-7-8(5-10(15)13-7)9-6-16-11(14-9)12(2,3)4/h6-8H,5H2,1-4H3,(H,13,15). The zero-order valence-electron chi connectivity index (χ0n) is 10.2. The first-order chi connectivity index (χ1) is 7.38. The molecule has 2 rings (SSSR count). The third kappa shape index (κ3) is 2.12. The summed E-state index contributed by atoms with van der Waals surface area (Å²) >= 11 is 1.70. The predicted molar refractivity (Wildman–Crippen MR) is 65.8 cm³/mol. The van der Waals surface area contributed by atoms with Gasteiger partial charge in [-0.1, -0.05) is 20.8 Å². The second kappa shape index (κ2) is 3.84. The van der Waals surface area contributed by atoms with Gasteiger partial charge in [-0.2, -0.15) is 0 Å². The maximum atomic E-state index is 11.3. The van der Waals surface area contributed by atoms with Gasteiger partial charge in [0.25, 0.3) is 0 Å². The minimum Gasteiger partial charge on any atom is -0.353 e. The van der Waals surface area contributed by atoms with Crippen molar-refractivity contribution in [2.24, 2.45) is 0 Å². The van der Waals surface area contributed by atoms with Gasteiger partial charge in [0.2, 0.25) is 5.91 Å². The number of aromatic nitrogens is 1. The summed E-state index contributed by atoms with van der Waals surface area (Å²) < 4.78 is 0. The van der Waals surface area contributed by atoms with Crippen LogP contribution in [0.1, 0.15) is 50.7 Å². The number of nitrogens with one attached hydrogen (secondary N) is 1. The molecule has 4 heteroatoms. The number of carbonyl (C=O) groups excluding carboxylic acids is 1. The van der Waals surface area contributed by atoms with Crippen LogP contribution in [0.5, 0.6) is 0 Å². The van der Waals surface area contributed by atoms with Crippen LogP contribution in [0.25, 0.3) is 0 Å². The van der Waals surface area contributed by atoms with Crippen molar-refractivity contribution in [2.45, 2.75) is 51.5 Å². The summed E-state index contributed by atoms with van der Waals surface area (Å²) in [5.41, 5.74) is 1.17. The molecule has 0 bridgehead atoms. The second-order valence-corrected chi connectivity index (χ2v) is 6.35. The van der Waals surface area contributed by atoms with Crippen LogP contribution in [-0.2, 0) is 10.2 Å². The SMILES string of the molecule is CC1NC(=O)CC1c1csc(C(C)(C)C)n1. The summed E-state index contributed by atoms with van der Waals surface area (Å²) in [6.07, 6.45) is 0.578. The van der Waals surface area contributed by atoms with E-state index in [1.807, 2.05) is 6.92 Å². The van der Waals surface area contributed by atoms with E-state index >= 15 is 0 Å². The topological polar surface area (TPSA) is 42.0 Å². The molecule has 1 fully saturated rings. The summed E-state index contributed by atoms with van der Waals surface area (Å²) in [6.45, 7) is 8.54. The lowest BCUT2D eigenvalue weighted by molar-refractivity contribution is -0.119. The van der Waals surface area contributed by atoms with Gasteiger partial charge in [-0.3, -0.25) is 4.79 Å². The first kappa shape index (κ1) is 11.6. The van der Waals surface area contributed by atoms with Gasteiger partial charge >= 0.3 is 0 Å². The molecule has 1 saturated heterocycles. The number of hydrogen-bond acceptors (Lipinski definition) is 3. The molecule has 16 heavy (non-hydrogen) atoms. The Kier molecular flexibility index (Phi) is 2.78. The van der Waals surface area contributed by atoms with E-state index in [1.165, 1.54) is 0 Å². The highest BCUT2D eigenvalue weighted by atomic mass is 32.1. The normalized spacial score (nSPS) is 25.9. The van der Waals surface area contributed by atoms with Crippen LogP contribution in [0.15, 0.2) is 5.38 Å². The fourth-order valence-corrected chi connectivity index (χ4v) is 2.92. The average molecular weight is 238 g/mol. The Hall–Kier alpha value is -0.900. The minimum atomic E-state index is 0.0994. The molecule has 0 aromatic carbocycles. The van der Waals surface area contributed by atoms with Crippen molar-refractivity contribution in [3.05, 3.63) is 16.1 Å². The van der Waals surface area contributed by atoms with Crippen LogP contribution in [0.3, 0.4) is 0 Å². The van der Waals surface area contributed by atoms with Gasteiger partial charge in [-0.05, 0) is 6.92 Å². The van der Waals surface area contributed by atoms with Gasteiger partial charge in [0.1, 0.15) is 0 Å². The van der Waals surface area contributed by atoms with Gasteiger partial charge in [0.05, 0.1) is 10.7 Å². The van der Waals surface area contributed by atoms with E-state index in [4.69, 9.17) is 0 Å². The molecule has 1 aliphatic rings. The van der Waals surface area contributed by atoms with Crippen LogP contribution in [0.4, 0.5) is 0 Å². The Morgan fingerprint density at radius 3 is 2.62 bits per heavy atom. The van der Waals surface area contributed by atoms with E-state index < -0.39 is 0 Å². The highest BCUT2D eigenvalue weighted by molar-refractivity contribution is 7.09. The van der Waals surface area contributed by atoms with Crippen molar-refractivity contribution >= 4 is 17.2 Å².